The largest absolute Gasteiger partial charge is 0.368 e. The van der Waals surface area contributed by atoms with Gasteiger partial charge in [-0.15, -0.1) is 0 Å². The molecule has 50 valence electrons. The number of nitrogens with zero attached hydrogens (tertiary/aromatic N) is 3. The number of amides is 2. The third-order valence-electron chi connectivity index (χ3n) is 1.15. The molecule has 0 saturated heterocycles. The lowest BCUT2D eigenvalue weighted by molar-refractivity contribution is 0.257. The molecule has 0 aromatic heterocycles. The van der Waals surface area contributed by atoms with Gasteiger partial charge in [0, 0.05) is 0 Å². The van der Waals surface area contributed by atoms with Crippen molar-refractivity contribution in [3.63, 3.8) is 0 Å². The van der Waals surface area contributed by atoms with Gasteiger partial charge in [-0.1, -0.05) is 11.8 Å². The van der Waals surface area contributed by atoms with Crippen molar-refractivity contribution < 1.29 is 4.79 Å². The molecule has 0 aromatic rings. The van der Waals surface area contributed by atoms with Crippen LogP contribution in [0.5, 0.6) is 0 Å². The minimum Gasteiger partial charge on any atom is -0.270 e. The summed E-state index contributed by atoms with van der Waals surface area (Å²) in [6, 6.07) is -0.427. The number of carbonyl (C=O) groups excluding carboxylic acids is 1. The van der Waals surface area contributed by atoms with Crippen LogP contribution in [-0.2, 0) is 0 Å². The van der Waals surface area contributed by atoms with Crippen LogP contribution in [0.3, 0.4) is 0 Å². The van der Waals surface area contributed by atoms with Crippen molar-refractivity contribution in [3.8, 4) is 0 Å². The van der Waals surface area contributed by atoms with Crippen molar-refractivity contribution in [3.05, 3.63) is 0 Å². The first-order chi connectivity index (χ1) is 4.86. The number of hydrogen-bond acceptors (Lipinski definition) is 3. The summed E-state index contributed by atoms with van der Waals surface area (Å²) in [4.78, 5) is 21.7. The van der Waals surface area contributed by atoms with E-state index in [1.165, 1.54) is 18.0 Å². The van der Waals surface area contributed by atoms with Gasteiger partial charge in [0.15, 0.2) is 0 Å². The summed E-state index contributed by atoms with van der Waals surface area (Å²) in [5.74, 6) is 0.660. The summed E-state index contributed by atoms with van der Waals surface area (Å²) in [7, 11) is 0. The lowest BCUT2D eigenvalue weighted by Gasteiger charge is -1.97. The van der Waals surface area contributed by atoms with E-state index in [0.29, 0.717) is 10.9 Å². The number of thioether (sulfide) groups is 1. The lowest BCUT2D eigenvalue weighted by Crippen LogP contribution is -2.14. The molecular formula is C5H3N3OS. The van der Waals surface area contributed by atoms with Crippen molar-refractivity contribution in [2.24, 2.45) is 15.0 Å². The van der Waals surface area contributed by atoms with Gasteiger partial charge in [-0.2, -0.15) is 9.98 Å². The van der Waals surface area contributed by atoms with E-state index >= 15 is 0 Å². The van der Waals surface area contributed by atoms with Crippen molar-refractivity contribution in [2.75, 3.05) is 5.88 Å². The molecule has 0 atom stereocenters. The fourth-order valence-corrected chi connectivity index (χ4v) is 1.46. The summed E-state index contributed by atoms with van der Waals surface area (Å²) in [5, 5.41) is 0.708. The Morgan fingerprint density at radius 2 is 2.50 bits per heavy atom. The Kier molecular flexibility index (Phi) is 1.17. The summed E-state index contributed by atoms with van der Waals surface area (Å²) in [6.45, 7) is 0. The average Bonchev–Trinajstić information content (AvgIpc) is 2.33. The summed E-state index contributed by atoms with van der Waals surface area (Å²) < 4.78 is 0. The Bertz CT molecular complexity index is 279. The quantitative estimate of drug-likeness (QED) is 0.515. The molecule has 0 spiro atoms. The second-order valence-corrected chi connectivity index (χ2v) is 2.71. The van der Waals surface area contributed by atoms with E-state index in [0.717, 1.165) is 5.71 Å². The first-order valence-electron chi connectivity index (χ1n) is 2.70. The van der Waals surface area contributed by atoms with E-state index < -0.39 is 6.03 Å². The maximum atomic E-state index is 10.6. The normalized spacial score (nSPS) is 22.2. The van der Waals surface area contributed by atoms with Crippen molar-refractivity contribution in [2.45, 2.75) is 0 Å². The minimum atomic E-state index is -0.427. The number of hydrogen-bond donors (Lipinski definition) is 0. The molecule has 0 aliphatic carbocycles. The van der Waals surface area contributed by atoms with Crippen molar-refractivity contribution in [1.29, 1.82) is 0 Å². The molecule has 0 unspecified atom stereocenters. The first kappa shape index (κ1) is 5.79. The number of aliphatic imine (C=N–C) groups is 3. The van der Waals surface area contributed by atoms with E-state index in [-0.39, 0.29) is 0 Å². The number of rotatable bonds is 0. The van der Waals surface area contributed by atoms with E-state index in [9.17, 15) is 4.79 Å². The highest BCUT2D eigenvalue weighted by Crippen LogP contribution is 2.15. The van der Waals surface area contributed by atoms with E-state index in [4.69, 9.17) is 0 Å². The van der Waals surface area contributed by atoms with Crippen LogP contribution in [0.2, 0.25) is 0 Å². The Balaban J connectivity index is 2.43. The zero-order valence-corrected chi connectivity index (χ0v) is 5.76. The summed E-state index contributed by atoms with van der Waals surface area (Å²) in [6.07, 6.45) is 1.46. The molecule has 0 radical (unpaired) electrons. The first-order valence-corrected chi connectivity index (χ1v) is 3.69. The molecular weight excluding hydrogens is 150 g/mol. The highest BCUT2D eigenvalue weighted by Gasteiger charge is 2.18. The zero-order valence-electron chi connectivity index (χ0n) is 4.94. The molecule has 0 saturated carbocycles. The Labute approximate surface area is 61.2 Å². The second-order valence-electron chi connectivity index (χ2n) is 1.77. The molecule has 2 rings (SSSR count). The van der Waals surface area contributed by atoms with Crippen LogP contribution in [0.1, 0.15) is 0 Å². The van der Waals surface area contributed by atoms with Crippen LogP contribution >= 0.6 is 11.8 Å². The molecule has 0 aromatic carbocycles. The molecule has 2 amide bonds. The monoisotopic (exact) mass is 153 g/mol. The predicted molar refractivity (Wildman–Crippen MR) is 41.2 cm³/mol. The molecule has 10 heavy (non-hydrogen) atoms. The van der Waals surface area contributed by atoms with Crippen LogP contribution in [0, 0.1) is 0 Å². The molecule has 2 aliphatic rings. The highest BCUT2D eigenvalue weighted by molar-refractivity contribution is 8.16. The highest BCUT2D eigenvalue weighted by atomic mass is 32.2. The van der Waals surface area contributed by atoms with Gasteiger partial charge in [-0.05, 0) is 0 Å². The standard InChI is InChI=1S/C5H3N3OS/c9-5-6-1-3-4(8-5)10-2-7-3/h1H,2H2. The van der Waals surface area contributed by atoms with Gasteiger partial charge in [0.05, 0.1) is 12.1 Å². The molecule has 4 nitrogen and oxygen atoms in total. The minimum absolute atomic E-state index is 0.427. The topological polar surface area (TPSA) is 54.1 Å². The number of urea groups is 1. The smallest absolute Gasteiger partial charge is 0.270 e. The van der Waals surface area contributed by atoms with Crippen LogP contribution in [0.4, 0.5) is 4.79 Å². The third kappa shape index (κ3) is 0.786. The fourth-order valence-electron chi connectivity index (χ4n) is 0.722. The molecule has 0 fully saturated rings. The lowest BCUT2D eigenvalue weighted by atomic mass is 10.4. The maximum absolute atomic E-state index is 10.6. The Hall–Kier alpha value is -0.970. The van der Waals surface area contributed by atoms with Crippen LogP contribution < -0.4 is 0 Å². The van der Waals surface area contributed by atoms with Gasteiger partial charge in [0.2, 0.25) is 0 Å². The van der Waals surface area contributed by atoms with Crippen molar-refractivity contribution >= 4 is 34.8 Å². The SMILES string of the molecule is O=C1N=CC2=NCSC2=N1. The Morgan fingerprint density at radius 3 is 3.40 bits per heavy atom. The van der Waals surface area contributed by atoms with E-state index in [2.05, 4.69) is 15.0 Å². The molecule has 2 aliphatic heterocycles. The number of fused-ring (bicyclic) bond motifs is 1. The maximum Gasteiger partial charge on any atom is 0.368 e. The molecule has 0 bridgehead atoms. The van der Waals surface area contributed by atoms with Crippen molar-refractivity contribution in [1.82, 2.24) is 0 Å². The summed E-state index contributed by atoms with van der Waals surface area (Å²) >= 11 is 1.46. The summed E-state index contributed by atoms with van der Waals surface area (Å²) in [5.41, 5.74) is 0.740. The molecule has 2 heterocycles. The molecule has 5 heteroatoms. The number of carbonyl (C=O) groups is 1. The van der Waals surface area contributed by atoms with Gasteiger partial charge < -0.3 is 0 Å². The second kappa shape index (κ2) is 2.02. The van der Waals surface area contributed by atoms with Gasteiger partial charge in [-0.25, -0.2) is 4.79 Å². The van der Waals surface area contributed by atoms with E-state index in [1.807, 2.05) is 0 Å². The van der Waals surface area contributed by atoms with Crippen LogP contribution in [0.25, 0.3) is 0 Å². The average molecular weight is 153 g/mol. The third-order valence-corrected chi connectivity index (χ3v) is 1.98. The van der Waals surface area contributed by atoms with Gasteiger partial charge in [-0.3, -0.25) is 4.99 Å². The van der Waals surface area contributed by atoms with Gasteiger partial charge >= 0.3 is 6.03 Å². The van der Waals surface area contributed by atoms with Crippen LogP contribution in [0.15, 0.2) is 15.0 Å². The zero-order chi connectivity index (χ0) is 6.97. The van der Waals surface area contributed by atoms with Crippen LogP contribution in [-0.4, -0.2) is 28.9 Å². The van der Waals surface area contributed by atoms with Gasteiger partial charge in [0.1, 0.15) is 10.8 Å². The molecule has 0 N–H and O–H groups in total. The van der Waals surface area contributed by atoms with E-state index in [1.54, 1.807) is 0 Å². The predicted octanol–water partition coefficient (Wildman–Crippen LogP) is 0.735. The Morgan fingerprint density at radius 1 is 1.60 bits per heavy atom. The fraction of sp³-hybridized carbons (Fsp3) is 0.200. The van der Waals surface area contributed by atoms with Gasteiger partial charge in [0.25, 0.3) is 0 Å².